The Kier molecular flexibility index (Phi) is 4.05. The van der Waals surface area contributed by atoms with E-state index in [4.69, 9.17) is 20.7 Å². The molecular weight excluding hydrogens is 232 g/mol. The number of rotatable bonds is 6. The van der Waals surface area contributed by atoms with E-state index in [0.29, 0.717) is 0 Å². The average Bonchev–Trinajstić information content (AvgIpc) is 2.62. The van der Waals surface area contributed by atoms with E-state index < -0.39 is 23.7 Å². The van der Waals surface area contributed by atoms with Crippen LogP contribution in [0.5, 0.6) is 5.88 Å². The topological polar surface area (TPSA) is 136 Å². The summed E-state index contributed by atoms with van der Waals surface area (Å²) in [4.78, 5) is 21.4. The highest BCUT2D eigenvalue weighted by Crippen LogP contribution is 2.23. The van der Waals surface area contributed by atoms with Crippen LogP contribution in [0.3, 0.4) is 0 Å². The lowest BCUT2D eigenvalue weighted by Gasteiger charge is -2.06. The Morgan fingerprint density at radius 2 is 2.18 bits per heavy atom. The molecule has 0 radical (unpaired) electrons. The van der Waals surface area contributed by atoms with Crippen LogP contribution in [0.15, 0.2) is 4.52 Å². The van der Waals surface area contributed by atoms with E-state index in [2.05, 4.69) is 9.68 Å². The van der Waals surface area contributed by atoms with Gasteiger partial charge in [0.05, 0.1) is 12.2 Å². The van der Waals surface area contributed by atoms with Gasteiger partial charge in [0, 0.05) is 6.42 Å². The van der Waals surface area contributed by atoms with Crippen LogP contribution >= 0.6 is 0 Å². The molecule has 94 valence electrons. The van der Waals surface area contributed by atoms with Crippen molar-refractivity contribution in [1.29, 1.82) is 0 Å². The van der Waals surface area contributed by atoms with Crippen molar-refractivity contribution in [2.45, 2.75) is 19.4 Å². The fourth-order valence-corrected chi connectivity index (χ4v) is 1.20. The minimum Gasteiger partial charge on any atom is -0.480 e. The zero-order valence-electron chi connectivity index (χ0n) is 9.04. The van der Waals surface area contributed by atoms with Crippen LogP contribution in [-0.4, -0.2) is 40.0 Å². The van der Waals surface area contributed by atoms with Gasteiger partial charge in [-0.05, 0) is 12.1 Å². The van der Waals surface area contributed by atoms with Gasteiger partial charge in [-0.2, -0.15) is 0 Å². The van der Waals surface area contributed by atoms with Gasteiger partial charge in [-0.1, -0.05) is 0 Å². The largest absolute Gasteiger partial charge is 0.480 e. The van der Waals surface area contributed by atoms with E-state index in [1.165, 1.54) is 0 Å². The molecule has 0 saturated carbocycles. The Morgan fingerprint density at radius 3 is 2.65 bits per heavy atom. The zero-order valence-corrected chi connectivity index (χ0v) is 9.04. The van der Waals surface area contributed by atoms with E-state index in [9.17, 15) is 9.59 Å². The first-order chi connectivity index (χ1) is 7.97. The van der Waals surface area contributed by atoms with Crippen LogP contribution < -0.4 is 10.5 Å². The second-order valence-corrected chi connectivity index (χ2v) is 3.18. The summed E-state index contributed by atoms with van der Waals surface area (Å²) in [5, 5.41) is 20.9. The third-order valence-electron chi connectivity index (χ3n) is 1.97. The van der Waals surface area contributed by atoms with Gasteiger partial charge in [0.2, 0.25) is 0 Å². The number of hydrogen-bond acceptors (Lipinski definition) is 6. The number of nitrogens with zero attached hydrogens (tertiary/aromatic N) is 1. The van der Waals surface area contributed by atoms with Gasteiger partial charge in [0.15, 0.2) is 0 Å². The predicted octanol–water partition coefficient (Wildman–Crippen LogP) is -0.274. The molecule has 0 aliphatic carbocycles. The normalized spacial score (nSPS) is 12.1. The van der Waals surface area contributed by atoms with Crippen molar-refractivity contribution in [3.63, 3.8) is 0 Å². The number of aromatic nitrogens is 1. The summed E-state index contributed by atoms with van der Waals surface area (Å²) >= 11 is 0. The molecule has 1 rings (SSSR count). The van der Waals surface area contributed by atoms with Crippen LogP contribution in [0.2, 0.25) is 0 Å². The number of aliphatic carboxylic acids is 1. The molecule has 4 N–H and O–H groups in total. The molecule has 0 aromatic carbocycles. The Hall–Kier alpha value is -2.09. The van der Waals surface area contributed by atoms with Crippen LogP contribution in [0, 0.1) is 0 Å². The summed E-state index contributed by atoms with van der Waals surface area (Å²) in [5.41, 5.74) is 5.37. The maximum atomic E-state index is 10.8. The fraction of sp³-hybridized carbons (Fsp3) is 0.444. The van der Waals surface area contributed by atoms with Gasteiger partial charge in [-0.15, -0.1) is 0 Å². The number of nitrogens with two attached hydrogens (primary N) is 1. The molecule has 8 nitrogen and oxygen atoms in total. The van der Waals surface area contributed by atoms with E-state index in [1.54, 1.807) is 6.92 Å². The van der Waals surface area contributed by atoms with E-state index in [1.807, 2.05) is 0 Å². The molecule has 0 fully saturated rings. The molecule has 1 aromatic rings. The molecule has 0 aliphatic rings. The van der Waals surface area contributed by atoms with Crippen LogP contribution in [0.1, 0.15) is 23.0 Å². The van der Waals surface area contributed by atoms with E-state index >= 15 is 0 Å². The van der Waals surface area contributed by atoms with Gasteiger partial charge in [0.25, 0.3) is 11.6 Å². The maximum Gasteiger partial charge on any atom is 0.375 e. The Bertz CT molecular complexity index is 427. The molecule has 1 aromatic heterocycles. The van der Waals surface area contributed by atoms with E-state index in [0.717, 1.165) is 0 Å². The Labute approximate surface area is 96.0 Å². The number of aromatic carboxylic acids is 1. The highest BCUT2D eigenvalue weighted by molar-refractivity contribution is 5.87. The Morgan fingerprint density at radius 1 is 1.53 bits per heavy atom. The smallest absolute Gasteiger partial charge is 0.375 e. The SMILES string of the molecule is CCOc1noc(C(=O)O)c1C[C@H](N)C(=O)O. The van der Waals surface area contributed by atoms with Crippen molar-refractivity contribution in [2.75, 3.05) is 6.61 Å². The highest BCUT2D eigenvalue weighted by atomic mass is 16.5. The summed E-state index contributed by atoms with van der Waals surface area (Å²) in [6.07, 6.45) is -0.226. The van der Waals surface area contributed by atoms with Crippen LogP contribution in [0.4, 0.5) is 0 Å². The van der Waals surface area contributed by atoms with Crippen molar-refractivity contribution >= 4 is 11.9 Å². The summed E-state index contributed by atoms with van der Waals surface area (Å²) < 4.78 is 9.60. The lowest BCUT2D eigenvalue weighted by atomic mass is 10.1. The number of carboxylic acid groups (broad SMARTS) is 2. The first kappa shape index (κ1) is 13.0. The van der Waals surface area contributed by atoms with Crippen molar-refractivity contribution in [3.05, 3.63) is 11.3 Å². The lowest BCUT2D eigenvalue weighted by molar-refractivity contribution is -0.138. The van der Waals surface area contributed by atoms with Crippen molar-refractivity contribution < 1.29 is 29.1 Å². The average molecular weight is 244 g/mol. The number of carboxylic acids is 2. The molecule has 0 bridgehead atoms. The third-order valence-corrected chi connectivity index (χ3v) is 1.97. The molecule has 1 atom stereocenters. The van der Waals surface area contributed by atoms with Crippen molar-refractivity contribution in [1.82, 2.24) is 5.16 Å². The second kappa shape index (κ2) is 5.30. The summed E-state index contributed by atoms with van der Waals surface area (Å²) in [6.45, 7) is 1.93. The van der Waals surface area contributed by atoms with Crippen LogP contribution in [-0.2, 0) is 11.2 Å². The number of hydrogen-bond donors (Lipinski definition) is 3. The van der Waals surface area contributed by atoms with Gasteiger partial charge < -0.3 is 25.2 Å². The zero-order chi connectivity index (χ0) is 13.0. The molecule has 0 unspecified atom stereocenters. The predicted molar refractivity (Wildman–Crippen MR) is 53.9 cm³/mol. The van der Waals surface area contributed by atoms with Gasteiger partial charge in [0.1, 0.15) is 6.04 Å². The molecule has 0 aliphatic heterocycles. The summed E-state index contributed by atoms with van der Waals surface area (Å²) in [6, 6.07) is -1.24. The monoisotopic (exact) mass is 244 g/mol. The molecule has 8 heteroatoms. The van der Waals surface area contributed by atoms with Gasteiger partial charge in [-0.25, -0.2) is 4.79 Å². The summed E-state index contributed by atoms with van der Waals surface area (Å²) in [7, 11) is 0. The summed E-state index contributed by atoms with van der Waals surface area (Å²) in [5.74, 6) is -3.09. The molecule has 0 saturated heterocycles. The number of carbonyl (C=O) groups is 2. The van der Waals surface area contributed by atoms with Gasteiger partial charge in [-0.3, -0.25) is 4.79 Å². The first-order valence-electron chi connectivity index (χ1n) is 4.80. The van der Waals surface area contributed by atoms with Crippen LogP contribution in [0.25, 0.3) is 0 Å². The second-order valence-electron chi connectivity index (χ2n) is 3.18. The molecule has 0 spiro atoms. The minimum absolute atomic E-state index is 0.0402. The maximum absolute atomic E-state index is 10.8. The molecule has 0 amide bonds. The molecule has 1 heterocycles. The fourth-order valence-electron chi connectivity index (χ4n) is 1.20. The quantitative estimate of drug-likeness (QED) is 0.621. The first-order valence-corrected chi connectivity index (χ1v) is 4.80. The number of ether oxygens (including phenoxy) is 1. The minimum atomic E-state index is -1.35. The Balaban J connectivity index is 3.03. The standard InChI is InChI=1S/C9H12N2O6/c1-2-16-7-4(3-5(10)8(12)13)6(9(14)15)17-11-7/h5H,2-3,10H2,1H3,(H,12,13)(H,14,15)/t5-/m0/s1. The van der Waals surface area contributed by atoms with Crippen molar-refractivity contribution in [2.24, 2.45) is 5.73 Å². The van der Waals surface area contributed by atoms with Crippen molar-refractivity contribution in [3.8, 4) is 5.88 Å². The molecule has 17 heavy (non-hydrogen) atoms. The third kappa shape index (κ3) is 2.94. The molecular formula is C9H12N2O6. The van der Waals surface area contributed by atoms with E-state index in [-0.39, 0.29) is 24.5 Å². The van der Waals surface area contributed by atoms with Gasteiger partial charge >= 0.3 is 11.9 Å². The lowest BCUT2D eigenvalue weighted by Crippen LogP contribution is -2.32. The highest BCUT2D eigenvalue weighted by Gasteiger charge is 2.26.